The number of nitrogens with zero attached hydrogens (tertiary/aromatic N) is 2. The second-order valence-corrected chi connectivity index (χ2v) is 3.65. The van der Waals surface area contributed by atoms with Crippen LogP contribution in [0.1, 0.15) is 12.8 Å². The number of rotatable bonds is 8. The number of imidazole rings is 1. The normalized spacial score (nSPS) is 12.2. The number of carboxylic acid groups (broad SMARTS) is 1. The van der Waals surface area contributed by atoms with Crippen molar-refractivity contribution in [3.8, 4) is 0 Å². The van der Waals surface area contributed by atoms with Gasteiger partial charge in [-0.2, -0.15) is 0 Å². The van der Waals surface area contributed by atoms with Gasteiger partial charge < -0.3 is 20.7 Å². The SMILES string of the molecule is NC(=O)CC[C@H](NCCn1ccnc1)C(=O)O. The van der Waals surface area contributed by atoms with Gasteiger partial charge in [0.25, 0.3) is 0 Å². The second kappa shape index (κ2) is 6.64. The number of hydrogen-bond donors (Lipinski definition) is 3. The van der Waals surface area contributed by atoms with Crippen LogP contribution in [0.2, 0.25) is 0 Å². The molecule has 4 N–H and O–H groups in total. The van der Waals surface area contributed by atoms with E-state index >= 15 is 0 Å². The van der Waals surface area contributed by atoms with Gasteiger partial charge in [-0.25, -0.2) is 4.98 Å². The summed E-state index contributed by atoms with van der Waals surface area (Å²) < 4.78 is 1.83. The summed E-state index contributed by atoms with van der Waals surface area (Å²) in [6, 6.07) is -0.744. The van der Waals surface area contributed by atoms with Gasteiger partial charge in [0, 0.05) is 31.9 Å². The van der Waals surface area contributed by atoms with Crippen molar-refractivity contribution in [2.24, 2.45) is 5.73 Å². The molecule has 94 valence electrons. The van der Waals surface area contributed by atoms with Crippen molar-refractivity contribution < 1.29 is 14.7 Å². The summed E-state index contributed by atoms with van der Waals surface area (Å²) in [6.07, 6.45) is 5.37. The highest BCUT2D eigenvalue weighted by Crippen LogP contribution is 1.97. The molecule has 1 aromatic rings. The van der Waals surface area contributed by atoms with E-state index in [1.165, 1.54) is 0 Å². The molecule has 1 atom stereocenters. The quantitative estimate of drug-likeness (QED) is 0.550. The molecule has 7 nitrogen and oxygen atoms in total. The van der Waals surface area contributed by atoms with E-state index < -0.39 is 17.9 Å². The Balaban J connectivity index is 2.29. The number of carboxylic acids is 1. The molecule has 7 heteroatoms. The summed E-state index contributed by atoms with van der Waals surface area (Å²) in [4.78, 5) is 25.3. The number of carbonyl (C=O) groups is 2. The monoisotopic (exact) mass is 240 g/mol. The van der Waals surface area contributed by atoms with E-state index in [9.17, 15) is 9.59 Å². The Kier molecular flexibility index (Phi) is 5.15. The van der Waals surface area contributed by atoms with Crippen molar-refractivity contribution >= 4 is 11.9 Å². The lowest BCUT2D eigenvalue weighted by Crippen LogP contribution is -2.39. The molecule has 0 saturated carbocycles. The summed E-state index contributed by atoms with van der Waals surface area (Å²) >= 11 is 0. The second-order valence-electron chi connectivity index (χ2n) is 3.65. The standard InChI is InChI=1S/C10H16N4O3/c11-9(15)2-1-8(10(16)17)13-4-6-14-5-3-12-7-14/h3,5,7-8,13H,1-2,4,6H2,(H2,11,15)(H,16,17)/t8-/m0/s1. The highest BCUT2D eigenvalue weighted by Gasteiger charge is 2.16. The van der Waals surface area contributed by atoms with Gasteiger partial charge in [0.05, 0.1) is 6.33 Å². The Hall–Kier alpha value is -1.89. The highest BCUT2D eigenvalue weighted by atomic mass is 16.4. The van der Waals surface area contributed by atoms with Gasteiger partial charge in [-0.3, -0.25) is 9.59 Å². The van der Waals surface area contributed by atoms with Gasteiger partial charge in [0.1, 0.15) is 6.04 Å². The maximum atomic E-state index is 10.9. The molecular weight excluding hydrogens is 224 g/mol. The smallest absolute Gasteiger partial charge is 0.320 e. The summed E-state index contributed by atoms with van der Waals surface area (Å²) in [5.74, 6) is -1.47. The third-order valence-corrected chi connectivity index (χ3v) is 2.30. The molecule has 1 aromatic heterocycles. The number of aromatic nitrogens is 2. The van der Waals surface area contributed by atoms with Crippen molar-refractivity contribution in [2.45, 2.75) is 25.4 Å². The van der Waals surface area contributed by atoms with Crippen LogP contribution in [0.25, 0.3) is 0 Å². The van der Waals surface area contributed by atoms with E-state index in [1.807, 2.05) is 4.57 Å². The van der Waals surface area contributed by atoms with E-state index in [2.05, 4.69) is 10.3 Å². The first kappa shape index (κ1) is 13.2. The summed E-state index contributed by atoms with van der Waals surface area (Å²) in [5, 5.41) is 11.8. The molecule has 17 heavy (non-hydrogen) atoms. The molecule has 0 saturated heterocycles. The Morgan fingerprint density at radius 3 is 2.82 bits per heavy atom. The average Bonchev–Trinajstić information content (AvgIpc) is 2.74. The first-order valence-corrected chi connectivity index (χ1v) is 5.30. The largest absolute Gasteiger partial charge is 0.480 e. The molecule has 0 bridgehead atoms. The zero-order valence-corrected chi connectivity index (χ0v) is 9.37. The zero-order valence-electron chi connectivity index (χ0n) is 9.37. The summed E-state index contributed by atoms with van der Waals surface area (Å²) in [7, 11) is 0. The predicted octanol–water partition coefficient (Wildman–Crippen LogP) is -0.809. The average molecular weight is 240 g/mol. The van der Waals surface area contributed by atoms with Gasteiger partial charge in [0.15, 0.2) is 0 Å². The van der Waals surface area contributed by atoms with Crippen LogP contribution >= 0.6 is 0 Å². The van der Waals surface area contributed by atoms with E-state index in [-0.39, 0.29) is 12.8 Å². The third-order valence-electron chi connectivity index (χ3n) is 2.30. The number of nitrogens with two attached hydrogens (primary N) is 1. The first-order chi connectivity index (χ1) is 8.09. The zero-order chi connectivity index (χ0) is 12.7. The number of nitrogens with one attached hydrogen (secondary N) is 1. The topological polar surface area (TPSA) is 110 Å². The van der Waals surface area contributed by atoms with Gasteiger partial charge in [0.2, 0.25) is 5.91 Å². The lowest BCUT2D eigenvalue weighted by molar-refractivity contribution is -0.139. The maximum Gasteiger partial charge on any atom is 0.320 e. The van der Waals surface area contributed by atoms with Crippen LogP contribution in [-0.4, -0.2) is 39.1 Å². The molecule has 0 fully saturated rings. The van der Waals surface area contributed by atoms with E-state index in [1.54, 1.807) is 18.7 Å². The van der Waals surface area contributed by atoms with Gasteiger partial charge in [-0.15, -0.1) is 0 Å². The minimum absolute atomic E-state index is 0.0645. The minimum Gasteiger partial charge on any atom is -0.480 e. The highest BCUT2D eigenvalue weighted by molar-refractivity contribution is 5.77. The van der Waals surface area contributed by atoms with Crippen LogP contribution in [0.3, 0.4) is 0 Å². The molecule has 0 unspecified atom stereocenters. The first-order valence-electron chi connectivity index (χ1n) is 5.30. The maximum absolute atomic E-state index is 10.9. The molecule has 1 rings (SSSR count). The van der Waals surface area contributed by atoms with Gasteiger partial charge >= 0.3 is 5.97 Å². The molecule has 0 radical (unpaired) electrons. The Bertz CT molecular complexity index is 364. The molecule has 0 spiro atoms. The van der Waals surface area contributed by atoms with Crippen LogP contribution in [0, 0.1) is 0 Å². The van der Waals surface area contributed by atoms with E-state index in [0.29, 0.717) is 13.1 Å². The number of amides is 1. The number of carbonyl (C=O) groups excluding carboxylic acids is 1. The molecule has 0 aliphatic heterocycles. The van der Waals surface area contributed by atoms with Crippen LogP contribution < -0.4 is 11.1 Å². The van der Waals surface area contributed by atoms with E-state index in [4.69, 9.17) is 10.8 Å². The van der Waals surface area contributed by atoms with Crippen molar-refractivity contribution in [1.82, 2.24) is 14.9 Å². The van der Waals surface area contributed by atoms with Crippen LogP contribution in [-0.2, 0) is 16.1 Å². The fourth-order valence-corrected chi connectivity index (χ4v) is 1.39. The lowest BCUT2D eigenvalue weighted by Gasteiger charge is -2.13. The van der Waals surface area contributed by atoms with Crippen LogP contribution in [0.4, 0.5) is 0 Å². The van der Waals surface area contributed by atoms with E-state index in [0.717, 1.165) is 0 Å². The number of hydrogen-bond acceptors (Lipinski definition) is 4. The van der Waals surface area contributed by atoms with Crippen LogP contribution in [0.15, 0.2) is 18.7 Å². The fraction of sp³-hybridized carbons (Fsp3) is 0.500. The summed E-state index contributed by atoms with van der Waals surface area (Å²) in [6.45, 7) is 1.12. The Morgan fingerprint density at radius 2 is 2.29 bits per heavy atom. The third kappa shape index (κ3) is 5.12. The molecule has 0 aliphatic carbocycles. The fourth-order valence-electron chi connectivity index (χ4n) is 1.39. The van der Waals surface area contributed by atoms with Crippen molar-refractivity contribution in [3.05, 3.63) is 18.7 Å². The number of aliphatic carboxylic acids is 1. The minimum atomic E-state index is -0.975. The lowest BCUT2D eigenvalue weighted by atomic mass is 10.1. The molecule has 1 amide bonds. The van der Waals surface area contributed by atoms with Gasteiger partial charge in [-0.1, -0.05) is 0 Å². The summed E-state index contributed by atoms with van der Waals surface area (Å²) in [5.41, 5.74) is 4.97. The molecular formula is C10H16N4O3. The Morgan fingerprint density at radius 1 is 1.53 bits per heavy atom. The van der Waals surface area contributed by atoms with Crippen molar-refractivity contribution in [3.63, 3.8) is 0 Å². The predicted molar refractivity (Wildman–Crippen MR) is 60.1 cm³/mol. The number of primary amides is 1. The van der Waals surface area contributed by atoms with Crippen molar-refractivity contribution in [2.75, 3.05) is 6.54 Å². The Labute approximate surface area is 98.6 Å². The molecule has 1 heterocycles. The molecule has 0 aromatic carbocycles. The van der Waals surface area contributed by atoms with Crippen LogP contribution in [0.5, 0.6) is 0 Å². The van der Waals surface area contributed by atoms with Crippen molar-refractivity contribution in [1.29, 1.82) is 0 Å². The molecule has 0 aliphatic rings. The van der Waals surface area contributed by atoms with Gasteiger partial charge in [-0.05, 0) is 6.42 Å².